The van der Waals surface area contributed by atoms with Crippen molar-refractivity contribution in [3.8, 4) is 0 Å². The fourth-order valence-corrected chi connectivity index (χ4v) is 2.39. The molecule has 0 atom stereocenters. The Morgan fingerprint density at radius 2 is 2.00 bits per heavy atom. The molecule has 4 nitrogen and oxygen atoms in total. The molecule has 1 aromatic rings. The van der Waals surface area contributed by atoms with Crippen molar-refractivity contribution in [3.05, 3.63) is 29.8 Å². The molecule has 18 heavy (non-hydrogen) atoms. The summed E-state index contributed by atoms with van der Waals surface area (Å²) in [7, 11) is 1.64. The van der Waals surface area contributed by atoms with E-state index in [1.807, 2.05) is 24.3 Å². The van der Waals surface area contributed by atoms with Crippen LogP contribution in [0.25, 0.3) is 0 Å². The highest BCUT2D eigenvalue weighted by Gasteiger charge is 2.18. The van der Waals surface area contributed by atoms with Crippen molar-refractivity contribution in [1.82, 2.24) is 5.32 Å². The Morgan fingerprint density at radius 3 is 2.67 bits per heavy atom. The number of nitrogens with two attached hydrogens (primary N) is 1. The third kappa shape index (κ3) is 3.23. The Morgan fingerprint density at radius 1 is 1.28 bits per heavy atom. The molecule has 0 heterocycles. The van der Waals surface area contributed by atoms with Crippen LogP contribution in [0, 0.1) is 0 Å². The van der Waals surface area contributed by atoms with Crippen LogP contribution >= 0.6 is 0 Å². The summed E-state index contributed by atoms with van der Waals surface area (Å²) in [6.45, 7) is 0. The van der Waals surface area contributed by atoms with Crippen molar-refractivity contribution < 1.29 is 4.79 Å². The van der Waals surface area contributed by atoms with Gasteiger partial charge in [-0.3, -0.25) is 4.79 Å². The lowest BCUT2D eigenvalue weighted by molar-refractivity contribution is 0.0963. The summed E-state index contributed by atoms with van der Waals surface area (Å²) >= 11 is 0. The highest BCUT2D eigenvalue weighted by molar-refractivity contribution is 5.94. The van der Waals surface area contributed by atoms with E-state index in [2.05, 4.69) is 10.6 Å². The molecule has 0 aliphatic heterocycles. The Bertz CT molecular complexity index is 411. The van der Waals surface area contributed by atoms with Gasteiger partial charge in [0.25, 0.3) is 5.91 Å². The maximum absolute atomic E-state index is 11.5. The van der Waals surface area contributed by atoms with Crippen molar-refractivity contribution in [1.29, 1.82) is 0 Å². The molecule has 4 heteroatoms. The van der Waals surface area contributed by atoms with Crippen molar-refractivity contribution in [2.45, 2.75) is 37.8 Å². The van der Waals surface area contributed by atoms with Crippen LogP contribution < -0.4 is 16.4 Å². The smallest absolute Gasteiger partial charge is 0.251 e. The summed E-state index contributed by atoms with van der Waals surface area (Å²) in [5.74, 6) is -0.0516. The fourth-order valence-electron chi connectivity index (χ4n) is 2.39. The number of rotatable bonds is 3. The maximum Gasteiger partial charge on any atom is 0.251 e. The lowest BCUT2D eigenvalue weighted by atomic mass is 9.91. The second kappa shape index (κ2) is 5.87. The van der Waals surface area contributed by atoms with E-state index < -0.39 is 0 Å². The van der Waals surface area contributed by atoms with Crippen LogP contribution in [-0.4, -0.2) is 25.0 Å². The lowest BCUT2D eigenvalue weighted by Crippen LogP contribution is -2.32. The van der Waals surface area contributed by atoms with E-state index in [4.69, 9.17) is 5.73 Å². The van der Waals surface area contributed by atoms with E-state index in [1.54, 1.807) is 7.05 Å². The van der Waals surface area contributed by atoms with Crippen LogP contribution in [0.5, 0.6) is 0 Å². The summed E-state index contributed by atoms with van der Waals surface area (Å²) < 4.78 is 0. The first-order valence-electron chi connectivity index (χ1n) is 6.53. The van der Waals surface area contributed by atoms with Gasteiger partial charge in [-0.25, -0.2) is 0 Å². The number of carbonyl (C=O) groups excluding carboxylic acids is 1. The first kappa shape index (κ1) is 12.9. The van der Waals surface area contributed by atoms with Gasteiger partial charge >= 0.3 is 0 Å². The van der Waals surface area contributed by atoms with Gasteiger partial charge < -0.3 is 16.4 Å². The van der Waals surface area contributed by atoms with E-state index >= 15 is 0 Å². The van der Waals surface area contributed by atoms with E-state index in [0.717, 1.165) is 31.4 Å². The average Bonchev–Trinajstić information content (AvgIpc) is 2.41. The normalized spacial score (nSPS) is 23.4. The molecule has 4 N–H and O–H groups in total. The SMILES string of the molecule is CNC(=O)c1cccc(NC2CCC(N)CC2)c1. The quantitative estimate of drug-likeness (QED) is 0.762. The van der Waals surface area contributed by atoms with E-state index in [1.165, 1.54) is 0 Å². The molecular weight excluding hydrogens is 226 g/mol. The van der Waals surface area contributed by atoms with Crippen molar-refractivity contribution in [2.75, 3.05) is 12.4 Å². The van der Waals surface area contributed by atoms with E-state index in [-0.39, 0.29) is 5.91 Å². The van der Waals surface area contributed by atoms with Crippen molar-refractivity contribution in [3.63, 3.8) is 0 Å². The minimum atomic E-state index is -0.0516. The molecule has 2 rings (SSSR count). The molecule has 0 aromatic heterocycles. The fraction of sp³-hybridized carbons (Fsp3) is 0.500. The molecule has 1 aliphatic carbocycles. The molecule has 1 saturated carbocycles. The van der Waals surface area contributed by atoms with Crippen LogP contribution in [0.2, 0.25) is 0 Å². The molecule has 1 aromatic carbocycles. The van der Waals surface area contributed by atoms with Gasteiger partial charge in [-0.1, -0.05) is 6.07 Å². The second-order valence-electron chi connectivity index (χ2n) is 4.92. The summed E-state index contributed by atoms with van der Waals surface area (Å²) in [4.78, 5) is 11.5. The van der Waals surface area contributed by atoms with Crippen LogP contribution in [0.4, 0.5) is 5.69 Å². The topological polar surface area (TPSA) is 67.2 Å². The Hall–Kier alpha value is -1.55. The molecule has 98 valence electrons. The molecule has 0 spiro atoms. The minimum absolute atomic E-state index is 0.0516. The zero-order chi connectivity index (χ0) is 13.0. The molecule has 1 aliphatic rings. The summed E-state index contributed by atoms with van der Waals surface area (Å²) in [5, 5.41) is 6.12. The Balaban J connectivity index is 1.99. The van der Waals surface area contributed by atoms with E-state index in [0.29, 0.717) is 17.6 Å². The largest absolute Gasteiger partial charge is 0.382 e. The number of nitrogens with one attached hydrogen (secondary N) is 2. The number of hydrogen-bond acceptors (Lipinski definition) is 3. The number of benzene rings is 1. The van der Waals surface area contributed by atoms with Gasteiger partial charge in [0.05, 0.1) is 0 Å². The third-order valence-electron chi connectivity index (χ3n) is 3.49. The zero-order valence-corrected chi connectivity index (χ0v) is 10.8. The van der Waals surface area contributed by atoms with Gasteiger partial charge in [0.1, 0.15) is 0 Å². The molecule has 0 saturated heterocycles. The van der Waals surface area contributed by atoms with Gasteiger partial charge in [0.2, 0.25) is 0 Å². The number of hydrogen-bond donors (Lipinski definition) is 3. The van der Waals surface area contributed by atoms with Crippen LogP contribution in [0.1, 0.15) is 36.0 Å². The molecule has 0 radical (unpaired) electrons. The Labute approximate surface area is 108 Å². The van der Waals surface area contributed by atoms with Crippen LogP contribution in [0.3, 0.4) is 0 Å². The predicted molar refractivity (Wildman–Crippen MR) is 73.7 cm³/mol. The number of carbonyl (C=O) groups is 1. The van der Waals surface area contributed by atoms with Gasteiger partial charge in [-0.15, -0.1) is 0 Å². The zero-order valence-electron chi connectivity index (χ0n) is 10.8. The molecule has 1 fully saturated rings. The highest BCUT2D eigenvalue weighted by atomic mass is 16.1. The monoisotopic (exact) mass is 247 g/mol. The first-order valence-corrected chi connectivity index (χ1v) is 6.53. The first-order chi connectivity index (χ1) is 8.69. The molecular formula is C14H21N3O. The van der Waals surface area contributed by atoms with Gasteiger partial charge in [0, 0.05) is 30.4 Å². The minimum Gasteiger partial charge on any atom is -0.382 e. The highest BCUT2D eigenvalue weighted by Crippen LogP contribution is 2.21. The molecule has 0 bridgehead atoms. The van der Waals surface area contributed by atoms with Crippen molar-refractivity contribution >= 4 is 11.6 Å². The predicted octanol–water partition coefficient (Wildman–Crippen LogP) is 1.73. The number of anilines is 1. The average molecular weight is 247 g/mol. The summed E-state index contributed by atoms with van der Waals surface area (Å²) in [6.07, 6.45) is 4.36. The van der Waals surface area contributed by atoms with Crippen LogP contribution in [-0.2, 0) is 0 Å². The summed E-state index contributed by atoms with van der Waals surface area (Å²) in [5.41, 5.74) is 7.59. The van der Waals surface area contributed by atoms with Crippen LogP contribution in [0.15, 0.2) is 24.3 Å². The third-order valence-corrected chi connectivity index (χ3v) is 3.49. The second-order valence-corrected chi connectivity index (χ2v) is 4.92. The van der Waals surface area contributed by atoms with Gasteiger partial charge in [0.15, 0.2) is 0 Å². The summed E-state index contributed by atoms with van der Waals surface area (Å²) in [6, 6.07) is 8.46. The molecule has 1 amide bonds. The lowest BCUT2D eigenvalue weighted by Gasteiger charge is -2.27. The van der Waals surface area contributed by atoms with Gasteiger partial charge in [-0.05, 0) is 43.9 Å². The maximum atomic E-state index is 11.5. The molecule has 0 unspecified atom stereocenters. The standard InChI is InChI=1S/C14H21N3O/c1-16-14(18)10-3-2-4-13(9-10)17-12-7-5-11(15)6-8-12/h2-4,9,11-12,17H,5-8,15H2,1H3,(H,16,18). The van der Waals surface area contributed by atoms with Gasteiger partial charge in [-0.2, -0.15) is 0 Å². The number of amides is 1. The van der Waals surface area contributed by atoms with Crippen molar-refractivity contribution in [2.24, 2.45) is 5.73 Å². The van der Waals surface area contributed by atoms with E-state index in [9.17, 15) is 4.79 Å². The Kier molecular flexibility index (Phi) is 4.20.